The summed E-state index contributed by atoms with van der Waals surface area (Å²) in [6, 6.07) is 2.63. The lowest BCUT2D eigenvalue weighted by molar-refractivity contribution is -0.131. The van der Waals surface area contributed by atoms with Gasteiger partial charge in [-0.15, -0.1) is 0 Å². The zero-order valence-corrected chi connectivity index (χ0v) is 13.2. The summed E-state index contributed by atoms with van der Waals surface area (Å²) in [6.45, 7) is 1.72. The second kappa shape index (κ2) is 6.29. The Morgan fingerprint density at radius 3 is 2.68 bits per heavy atom. The molecule has 1 aromatic heterocycles. The minimum absolute atomic E-state index is 0.101. The molecule has 0 aliphatic heterocycles. The first-order chi connectivity index (χ1) is 10.3. The number of benzene rings is 1. The summed E-state index contributed by atoms with van der Waals surface area (Å²) in [4.78, 5) is 10.7. The van der Waals surface area contributed by atoms with Gasteiger partial charge < -0.3 is 14.9 Å². The minimum atomic E-state index is -1.09. The van der Waals surface area contributed by atoms with Gasteiger partial charge in [0, 0.05) is 19.2 Å². The zero-order valence-electron chi connectivity index (χ0n) is 11.7. The van der Waals surface area contributed by atoms with Gasteiger partial charge in [0.05, 0.1) is 21.3 Å². The predicted octanol–water partition coefficient (Wildman–Crippen LogP) is 3.63. The molecule has 116 valence electrons. The number of hydrogen-bond acceptors (Lipinski definition) is 4. The highest BCUT2D eigenvalue weighted by molar-refractivity contribution is 6.36. The molecule has 2 aromatic rings. The lowest BCUT2D eigenvalue weighted by Crippen LogP contribution is -1.96. The molecule has 22 heavy (non-hydrogen) atoms. The fourth-order valence-electron chi connectivity index (χ4n) is 1.82. The number of nitrogens with zero attached hydrogens (tertiary/aromatic N) is 2. The summed E-state index contributed by atoms with van der Waals surface area (Å²) in [6.07, 6.45) is 2.36. The van der Waals surface area contributed by atoms with E-state index in [1.165, 1.54) is 22.9 Å². The molecule has 1 aromatic carbocycles. The SMILES string of the molecule is Cc1nn(C)c(Oc2cc(O)c(Cl)cc2Cl)c1/C=C/C(=O)O. The highest BCUT2D eigenvalue weighted by atomic mass is 35.5. The molecule has 0 saturated heterocycles. The van der Waals surface area contributed by atoms with Gasteiger partial charge in [0.15, 0.2) is 5.75 Å². The van der Waals surface area contributed by atoms with Crippen molar-refractivity contribution in [1.82, 2.24) is 9.78 Å². The fraction of sp³-hybridized carbons (Fsp3) is 0.143. The van der Waals surface area contributed by atoms with Crippen molar-refractivity contribution >= 4 is 35.2 Å². The summed E-state index contributed by atoms with van der Waals surface area (Å²) >= 11 is 11.8. The average molecular weight is 343 g/mol. The molecule has 0 radical (unpaired) electrons. The number of carboxylic acids is 1. The van der Waals surface area contributed by atoms with Crippen LogP contribution >= 0.6 is 23.2 Å². The molecule has 8 heteroatoms. The molecule has 0 aliphatic carbocycles. The topological polar surface area (TPSA) is 84.6 Å². The van der Waals surface area contributed by atoms with Crippen molar-refractivity contribution in [2.24, 2.45) is 7.05 Å². The van der Waals surface area contributed by atoms with E-state index in [0.29, 0.717) is 17.1 Å². The van der Waals surface area contributed by atoms with E-state index in [1.54, 1.807) is 14.0 Å². The van der Waals surface area contributed by atoms with Crippen LogP contribution in [0.25, 0.3) is 6.08 Å². The summed E-state index contributed by atoms with van der Waals surface area (Å²) in [5.74, 6) is -0.797. The molecule has 0 spiro atoms. The molecule has 0 bridgehead atoms. The number of hydrogen-bond donors (Lipinski definition) is 2. The number of aromatic hydroxyl groups is 1. The first-order valence-corrected chi connectivity index (χ1v) is 6.85. The van der Waals surface area contributed by atoms with E-state index < -0.39 is 5.97 Å². The van der Waals surface area contributed by atoms with Gasteiger partial charge in [0.1, 0.15) is 5.75 Å². The monoisotopic (exact) mass is 342 g/mol. The fourth-order valence-corrected chi connectivity index (χ4v) is 2.24. The van der Waals surface area contributed by atoms with Crippen molar-refractivity contribution in [1.29, 1.82) is 0 Å². The zero-order chi connectivity index (χ0) is 16.4. The summed E-state index contributed by atoms with van der Waals surface area (Å²) in [5, 5.41) is 22.9. The van der Waals surface area contributed by atoms with Crippen LogP contribution in [0.4, 0.5) is 0 Å². The Morgan fingerprint density at radius 1 is 1.36 bits per heavy atom. The Hall–Kier alpha value is -2.18. The van der Waals surface area contributed by atoms with Gasteiger partial charge in [0.25, 0.3) is 0 Å². The Labute approximate surface area is 136 Å². The van der Waals surface area contributed by atoms with Crippen molar-refractivity contribution in [3.63, 3.8) is 0 Å². The van der Waals surface area contributed by atoms with Gasteiger partial charge >= 0.3 is 5.97 Å². The number of aromatic nitrogens is 2. The van der Waals surface area contributed by atoms with Crippen LogP contribution < -0.4 is 4.74 Å². The van der Waals surface area contributed by atoms with Crippen molar-refractivity contribution in [2.75, 3.05) is 0 Å². The third-order valence-corrected chi connectivity index (χ3v) is 3.41. The average Bonchev–Trinajstić information content (AvgIpc) is 2.68. The van der Waals surface area contributed by atoms with Gasteiger partial charge in [-0.1, -0.05) is 23.2 Å². The van der Waals surface area contributed by atoms with E-state index in [2.05, 4.69) is 5.10 Å². The largest absolute Gasteiger partial charge is 0.506 e. The van der Waals surface area contributed by atoms with Crippen molar-refractivity contribution < 1.29 is 19.7 Å². The first-order valence-electron chi connectivity index (χ1n) is 6.10. The number of phenols is 1. The molecule has 0 aliphatic rings. The summed E-state index contributed by atoms with van der Waals surface area (Å²) in [7, 11) is 1.64. The molecule has 0 amide bonds. The van der Waals surface area contributed by atoms with Crippen LogP contribution in [0.1, 0.15) is 11.3 Å². The lowest BCUT2D eigenvalue weighted by Gasteiger charge is -2.10. The molecule has 0 fully saturated rings. The van der Waals surface area contributed by atoms with Gasteiger partial charge in [-0.2, -0.15) is 5.10 Å². The van der Waals surface area contributed by atoms with Crippen molar-refractivity contribution in [2.45, 2.75) is 6.92 Å². The van der Waals surface area contributed by atoms with E-state index in [1.807, 2.05) is 0 Å². The molecule has 1 heterocycles. The van der Waals surface area contributed by atoms with E-state index in [-0.39, 0.29) is 21.5 Å². The van der Waals surface area contributed by atoms with Crippen LogP contribution in [0.2, 0.25) is 10.0 Å². The number of carboxylic acid groups (broad SMARTS) is 1. The quantitative estimate of drug-likeness (QED) is 0.828. The highest BCUT2D eigenvalue weighted by Gasteiger charge is 2.16. The lowest BCUT2D eigenvalue weighted by atomic mass is 10.2. The first kappa shape index (κ1) is 16.2. The molecule has 0 saturated carbocycles. The van der Waals surface area contributed by atoms with Crippen LogP contribution in [-0.2, 0) is 11.8 Å². The van der Waals surface area contributed by atoms with Gasteiger partial charge in [-0.3, -0.25) is 0 Å². The second-order valence-electron chi connectivity index (χ2n) is 4.44. The number of aliphatic carboxylic acids is 1. The van der Waals surface area contributed by atoms with E-state index in [0.717, 1.165) is 6.08 Å². The van der Waals surface area contributed by atoms with Crippen molar-refractivity contribution in [3.8, 4) is 17.4 Å². The van der Waals surface area contributed by atoms with Crippen LogP contribution in [0, 0.1) is 6.92 Å². The summed E-state index contributed by atoms with van der Waals surface area (Å²) in [5.41, 5.74) is 1.08. The van der Waals surface area contributed by atoms with Gasteiger partial charge in [0.2, 0.25) is 5.88 Å². The molecule has 2 N–H and O–H groups in total. The van der Waals surface area contributed by atoms with E-state index >= 15 is 0 Å². The minimum Gasteiger partial charge on any atom is -0.506 e. The number of aryl methyl sites for hydroxylation is 2. The van der Waals surface area contributed by atoms with Crippen LogP contribution in [0.3, 0.4) is 0 Å². The van der Waals surface area contributed by atoms with Crippen LogP contribution in [-0.4, -0.2) is 26.0 Å². The Bertz CT molecular complexity index is 769. The van der Waals surface area contributed by atoms with Gasteiger partial charge in [-0.05, 0) is 19.1 Å². The van der Waals surface area contributed by atoms with E-state index in [9.17, 15) is 9.90 Å². The van der Waals surface area contributed by atoms with Gasteiger partial charge in [-0.25, -0.2) is 9.48 Å². The van der Waals surface area contributed by atoms with Crippen LogP contribution in [0.5, 0.6) is 17.4 Å². The normalized spacial score (nSPS) is 11.1. The third kappa shape index (κ3) is 3.35. The number of phenolic OH excluding ortho intramolecular Hbond substituents is 1. The second-order valence-corrected chi connectivity index (χ2v) is 5.25. The number of halogens is 2. The Balaban J connectivity index is 2.46. The standard InChI is InChI=1S/C14H12Cl2N2O4/c1-7-8(3-4-13(20)21)14(18(2)17-7)22-12-6-11(19)9(15)5-10(12)16/h3-6,19H,1-2H3,(H,20,21)/b4-3+. The Kier molecular flexibility index (Phi) is 4.63. The van der Waals surface area contributed by atoms with Crippen molar-refractivity contribution in [3.05, 3.63) is 39.5 Å². The summed E-state index contributed by atoms with van der Waals surface area (Å²) < 4.78 is 7.11. The molecular weight excluding hydrogens is 331 g/mol. The molecule has 2 rings (SSSR count). The molecule has 0 unspecified atom stereocenters. The molecular formula is C14H12Cl2N2O4. The maximum Gasteiger partial charge on any atom is 0.328 e. The Morgan fingerprint density at radius 2 is 2.05 bits per heavy atom. The number of ether oxygens (including phenoxy) is 1. The predicted molar refractivity (Wildman–Crippen MR) is 82.8 cm³/mol. The third-order valence-electron chi connectivity index (χ3n) is 2.81. The molecule has 0 atom stereocenters. The highest BCUT2D eigenvalue weighted by Crippen LogP contribution is 2.38. The molecule has 6 nitrogen and oxygen atoms in total. The number of rotatable bonds is 4. The smallest absolute Gasteiger partial charge is 0.328 e. The maximum absolute atomic E-state index is 10.7. The van der Waals surface area contributed by atoms with E-state index in [4.69, 9.17) is 33.0 Å². The maximum atomic E-state index is 10.7. The number of carbonyl (C=O) groups is 1. The van der Waals surface area contributed by atoms with Crippen LogP contribution in [0.15, 0.2) is 18.2 Å².